The van der Waals surface area contributed by atoms with Crippen molar-refractivity contribution in [2.45, 2.75) is 13.5 Å². The second-order valence-electron chi connectivity index (χ2n) is 7.41. The maximum absolute atomic E-state index is 13.6. The van der Waals surface area contributed by atoms with E-state index in [4.69, 9.17) is 16.3 Å². The second kappa shape index (κ2) is 8.73. The minimum Gasteiger partial charge on any atom is -0.497 e. The largest absolute Gasteiger partial charge is 0.497 e. The van der Waals surface area contributed by atoms with Crippen LogP contribution >= 0.6 is 22.9 Å². The zero-order valence-electron chi connectivity index (χ0n) is 17.8. The first kappa shape index (κ1) is 21.2. The molecule has 0 fully saturated rings. The number of ketones is 1. The smallest absolute Gasteiger partial charge is 0.225 e. The Morgan fingerprint density at radius 2 is 1.91 bits per heavy atom. The van der Waals surface area contributed by atoms with Gasteiger partial charge in [0.15, 0.2) is 10.0 Å². The van der Waals surface area contributed by atoms with Crippen LogP contribution in [0.2, 0.25) is 5.02 Å². The van der Waals surface area contributed by atoms with Crippen LogP contribution in [0.5, 0.6) is 5.75 Å². The molecule has 0 bridgehead atoms. The van der Waals surface area contributed by atoms with Gasteiger partial charge in [-0.25, -0.2) is 0 Å². The lowest BCUT2D eigenvalue weighted by Gasteiger charge is -2.09. The SMILES string of the molecule is COc1ccc2c(c1)c(C(=O)c1nnc(-c3cccnn3)s1)c(C)n2Cc1ccc(Cl)cc1. The molecule has 2 aromatic carbocycles. The molecule has 164 valence electrons. The monoisotopic (exact) mass is 475 g/mol. The van der Waals surface area contributed by atoms with Crippen molar-refractivity contribution in [2.24, 2.45) is 0 Å². The zero-order chi connectivity index (χ0) is 22.9. The summed E-state index contributed by atoms with van der Waals surface area (Å²) in [5, 5.41) is 18.6. The van der Waals surface area contributed by atoms with Gasteiger partial charge in [-0.05, 0) is 55.0 Å². The third-order valence-corrected chi connectivity index (χ3v) is 6.62. The van der Waals surface area contributed by atoms with Crippen molar-refractivity contribution in [3.05, 3.63) is 87.6 Å². The predicted octanol–water partition coefficient (Wildman–Crippen LogP) is 5.20. The Morgan fingerprint density at radius 3 is 2.64 bits per heavy atom. The average Bonchev–Trinajstić information content (AvgIpc) is 3.44. The zero-order valence-corrected chi connectivity index (χ0v) is 19.4. The van der Waals surface area contributed by atoms with E-state index in [2.05, 4.69) is 25.0 Å². The Kier molecular flexibility index (Phi) is 5.62. The molecule has 3 aromatic heterocycles. The predicted molar refractivity (Wildman–Crippen MR) is 128 cm³/mol. The lowest BCUT2D eigenvalue weighted by Crippen LogP contribution is -2.06. The van der Waals surface area contributed by atoms with E-state index in [9.17, 15) is 4.79 Å². The van der Waals surface area contributed by atoms with E-state index < -0.39 is 0 Å². The van der Waals surface area contributed by atoms with Gasteiger partial charge in [-0.2, -0.15) is 5.10 Å². The van der Waals surface area contributed by atoms with E-state index in [1.54, 1.807) is 25.4 Å². The first-order valence-corrected chi connectivity index (χ1v) is 11.3. The van der Waals surface area contributed by atoms with Crippen LogP contribution in [0.3, 0.4) is 0 Å². The van der Waals surface area contributed by atoms with Crippen molar-refractivity contribution in [1.82, 2.24) is 25.0 Å². The van der Waals surface area contributed by atoms with Crippen LogP contribution in [0.1, 0.15) is 26.6 Å². The summed E-state index contributed by atoms with van der Waals surface area (Å²) >= 11 is 7.25. The van der Waals surface area contributed by atoms with Gasteiger partial charge in [0.2, 0.25) is 5.78 Å². The quantitative estimate of drug-likeness (QED) is 0.314. The molecule has 0 spiro atoms. The molecule has 9 heteroatoms. The van der Waals surface area contributed by atoms with Crippen molar-refractivity contribution >= 4 is 39.6 Å². The van der Waals surface area contributed by atoms with Crippen molar-refractivity contribution in [1.29, 1.82) is 0 Å². The van der Waals surface area contributed by atoms with Gasteiger partial charge in [-0.3, -0.25) is 4.79 Å². The van der Waals surface area contributed by atoms with E-state index in [1.807, 2.05) is 49.4 Å². The van der Waals surface area contributed by atoms with E-state index in [-0.39, 0.29) is 5.78 Å². The summed E-state index contributed by atoms with van der Waals surface area (Å²) in [6.07, 6.45) is 1.59. The van der Waals surface area contributed by atoms with Crippen LogP contribution in [0.4, 0.5) is 0 Å². The Bertz CT molecular complexity index is 1460. The number of methoxy groups -OCH3 is 1. The van der Waals surface area contributed by atoms with Gasteiger partial charge in [0.05, 0.1) is 12.7 Å². The minimum atomic E-state index is -0.187. The number of halogens is 1. The topological polar surface area (TPSA) is 82.8 Å². The number of nitrogens with zero attached hydrogens (tertiary/aromatic N) is 5. The summed E-state index contributed by atoms with van der Waals surface area (Å²) < 4.78 is 7.55. The van der Waals surface area contributed by atoms with Crippen LogP contribution in [0.15, 0.2) is 60.8 Å². The highest BCUT2D eigenvalue weighted by Crippen LogP contribution is 2.33. The van der Waals surface area contributed by atoms with Crippen molar-refractivity contribution in [2.75, 3.05) is 7.11 Å². The molecule has 0 aliphatic heterocycles. The molecule has 0 atom stereocenters. The average molecular weight is 476 g/mol. The summed E-state index contributed by atoms with van der Waals surface area (Å²) in [4.78, 5) is 13.6. The molecular formula is C24H18ClN5O2S. The first-order valence-electron chi connectivity index (χ1n) is 10.1. The number of rotatable bonds is 6. The van der Waals surface area contributed by atoms with E-state index in [1.165, 1.54) is 11.3 Å². The number of benzene rings is 2. The Morgan fingerprint density at radius 1 is 1.09 bits per heavy atom. The van der Waals surface area contributed by atoms with Crippen molar-refractivity contribution in [3.8, 4) is 16.5 Å². The Hall–Kier alpha value is -3.62. The molecule has 0 aliphatic rings. The number of ether oxygens (including phenoxy) is 1. The fourth-order valence-electron chi connectivity index (χ4n) is 3.79. The van der Waals surface area contributed by atoms with Gasteiger partial charge < -0.3 is 9.30 Å². The van der Waals surface area contributed by atoms with Gasteiger partial charge in [0, 0.05) is 34.4 Å². The number of carbonyl (C=O) groups excluding carboxylic acids is 1. The van der Waals surface area contributed by atoms with Crippen LogP contribution in [0.25, 0.3) is 21.6 Å². The number of hydrogen-bond donors (Lipinski definition) is 0. The number of carbonyl (C=O) groups is 1. The molecule has 33 heavy (non-hydrogen) atoms. The highest BCUT2D eigenvalue weighted by atomic mass is 35.5. The van der Waals surface area contributed by atoms with Crippen LogP contribution in [-0.4, -0.2) is 37.9 Å². The fraction of sp³-hybridized carbons (Fsp3) is 0.125. The number of hydrogen-bond acceptors (Lipinski definition) is 7. The summed E-state index contributed by atoms with van der Waals surface area (Å²) in [5.41, 5.74) is 4.02. The third kappa shape index (κ3) is 3.99. The molecule has 0 amide bonds. The van der Waals surface area contributed by atoms with Gasteiger partial charge in [-0.1, -0.05) is 35.1 Å². The van der Waals surface area contributed by atoms with Crippen molar-refractivity contribution in [3.63, 3.8) is 0 Å². The van der Waals surface area contributed by atoms with E-state index >= 15 is 0 Å². The highest BCUT2D eigenvalue weighted by molar-refractivity contribution is 7.16. The Balaban J connectivity index is 1.61. The molecule has 0 saturated carbocycles. The summed E-state index contributed by atoms with van der Waals surface area (Å²) in [6, 6.07) is 17.0. The van der Waals surface area contributed by atoms with Gasteiger partial charge in [0.1, 0.15) is 11.4 Å². The molecule has 0 unspecified atom stereocenters. The maximum Gasteiger partial charge on any atom is 0.225 e. The Labute approximate surface area is 198 Å². The van der Waals surface area contributed by atoms with Gasteiger partial charge in [0.25, 0.3) is 0 Å². The third-order valence-electron chi connectivity index (χ3n) is 5.42. The van der Waals surface area contributed by atoms with Gasteiger partial charge >= 0.3 is 0 Å². The molecular weight excluding hydrogens is 458 g/mol. The van der Waals surface area contributed by atoms with Crippen LogP contribution in [-0.2, 0) is 6.54 Å². The first-order chi connectivity index (χ1) is 16.0. The normalized spacial score (nSPS) is 11.1. The fourth-order valence-corrected chi connectivity index (χ4v) is 4.67. The molecule has 0 radical (unpaired) electrons. The number of aromatic nitrogens is 5. The van der Waals surface area contributed by atoms with Crippen LogP contribution in [0, 0.1) is 6.92 Å². The van der Waals surface area contributed by atoms with Crippen LogP contribution < -0.4 is 4.74 Å². The summed E-state index contributed by atoms with van der Waals surface area (Å²) in [7, 11) is 1.61. The maximum atomic E-state index is 13.6. The molecule has 7 nitrogen and oxygen atoms in total. The molecule has 0 N–H and O–H groups in total. The minimum absolute atomic E-state index is 0.187. The molecule has 0 aliphatic carbocycles. The van der Waals surface area contributed by atoms with E-state index in [0.717, 1.165) is 22.2 Å². The number of fused-ring (bicyclic) bond motifs is 1. The second-order valence-corrected chi connectivity index (χ2v) is 8.82. The summed E-state index contributed by atoms with van der Waals surface area (Å²) in [5.74, 6) is 0.492. The lowest BCUT2D eigenvalue weighted by molar-refractivity contribution is 0.103. The molecule has 5 aromatic rings. The van der Waals surface area contributed by atoms with E-state index in [0.29, 0.717) is 38.6 Å². The standard InChI is InChI=1S/C24H18ClN5O2S/c1-14-21(22(31)24-29-28-23(33-24)19-4-3-11-26-27-19)18-12-17(32-2)9-10-20(18)30(14)13-15-5-7-16(25)8-6-15/h3-12H,13H2,1-2H3. The lowest BCUT2D eigenvalue weighted by atomic mass is 10.1. The highest BCUT2D eigenvalue weighted by Gasteiger charge is 2.25. The van der Waals surface area contributed by atoms with Crippen molar-refractivity contribution < 1.29 is 9.53 Å². The summed E-state index contributed by atoms with van der Waals surface area (Å²) in [6.45, 7) is 2.54. The molecule has 0 saturated heterocycles. The molecule has 3 heterocycles. The molecule has 5 rings (SSSR count). The van der Waals surface area contributed by atoms with Gasteiger partial charge in [-0.15, -0.1) is 15.3 Å².